The summed E-state index contributed by atoms with van der Waals surface area (Å²) in [6, 6.07) is 7.77. The van der Waals surface area contributed by atoms with Crippen LogP contribution in [0.5, 0.6) is 0 Å². The van der Waals surface area contributed by atoms with Crippen LogP contribution in [0.3, 0.4) is 0 Å². The van der Waals surface area contributed by atoms with Crippen molar-refractivity contribution in [3.8, 4) is 0 Å². The molecule has 0 aliphatic heterocycles. The van der Waals surface area contributed by atoms with Crippen LogP contribution in [0, 0.1) is 9.39 Å². The summed E-state index contributed by atoms with van der Waals surface area (Å²) < 4.78 is 15.1. The van der Waals surface area contributed by atoms with Crippen molar-refractivity contribution >= 4 is 77.6 Å². The highest BCUT2D eigenvalue weighted by atomic mass is 127. The third kappa shape index (κ3) is 3.72. The van der Waals surface area contributed by atoms with E-state index in [4.69, 9.17) is 11.6 Å². The Morgan fingerprint density at radius 2 is 1.95 bits per heavy atom. The van der Waals surface area contributed by atoms with Crippen molar-refractivity contribution in [1.82, 2.24) is 0 Å². The van der Waals surface area contributed by atoms with Gasteiger partial charge in [-0.25, -0.2) is 4.39 Å². The van der Waals surface area contributed by atoms with Crippen LogP contribution in [-0.4, -0.2) is 5.91 Å². The molecule has 2 rings (SSSR count). The molecule has 0 saturated heterocycles. The molecule has 0 spiro atoms. The van der Waals surface area contributed by atoms with E-state index in [-0.39, 0.29) is 10.9 Å². The average Bonchev–Trinajstić information content (AvgIpc) is 2.36. The van der Waals surface area contributed by atoms with Crippen LogP contribution in [0.15, 0.2) is 39.3 Å². The molecule has 2 nitrogen and oxygen atoms in total. The Hall–Kier alpha value is -0.180. The second-order valence-corrected chi connectivity index (χ2v) is 7.16. The van der Waals surface area contributed by atoms with Gasteiger partial charge in [0.25, 0.3) is 5.91 Å². The van der Waals surface area contributed by atoms with Gasteiger partial charge in [-0.3, -0.25) is 4.79 Å². The predicted octanol–water partition coefficient (Wildman–Crippen LogP) is 5.86. The highest BCUT2D eigenvalue weighted by Crippen LogP contribution is 2.32. The van der Waals surface area contributed by atoms with Crippen LogP contribution in [0.4, 0.5) is 10.1 Å². The fraction of sp³-hybridized carbons (Fsp3) is 0. The summed E-state index contributed by atoms with van der Waals surface area (Å²) in [6.45, 7) is 0. The van der Waals surface area contributed by atoms with E-state index in [1.54, 1.807) is 6.07 Å². The number of amides is 1. The fourth-order valence-electron chi connectivity index (χ4n) is 1.51. The minimum atomic E-state index is -0.475. The van der Waals surface area contributed by atoms with Crippen molar-refractivity contribution in [2.45, 2.75) is 0 Å². The molecule has 20 heavy (non-hydrogen) atoms. The van der Waals surface area contributed by atoms with Crippen LogP contribution in [0.25, 0.3) is 0 Å². The molecule has 2 aromatic carbocycles. The topological polar surface area (TPSA) is 29.1 Å². The van der Waals surface area contributed by atoms with E-state index in [1.807, 2.05) is 12.1 Å². The van der Waals surface area contributed by atoms with E-state index in [0.29, 0.717) is 15.7 Å². The maximum atomic E-state index is 13.2. The van der Waals surface area contributed by atoms with Crippen molar-refractivity contribution in [2.24, 2.45) is 0 Å². The SMILES string of the molecule is O=C(Nc1c(Cl)cc(F)cc1Br)c1cc(Br)ccc1I. The number of hydrogen-bond donors (Lipinski definition) is 1. The molecule has 0 atom stereocenters. The van der Waals surface area contributed by atoms with Crippen molar-refractivity contribution in [1.29, 1.82) is 0 Å². The Labute approximate surface area is 150 Å². The molecule has 2 aromatic rings. The van der Waals surface area contributed by atoms with Gasteiger partial charge in [0.2, 0.25) is 0 Å². The molecule has 0 radical (unpaired) electrons. The van der Waals surface area contributed by atoms with Crippen molar-refractivity contribution in [3.05, 3.63) is 59.3 Å². The van der Waals surface area contributed by atoms with Gasteiger partial charge in [-0.1, -0.05) is 27.5 Å². The number of rotatable bonds is 2. The molecule has 0 aromatic heterocycles. The molecule has 0 saturated carbocycles. The van der Waals surface area contributed by atoms with Gasteiger partial charge in [0, 0.05) is 12.5 Å². The third-order valence-corrected chi connectivity index (χ3v) is 4.78. The molecule has 0 heterocycles. The van der Waals surface area contributed by atoms with E-state index in [0.717, 1.165) is 14.1 Å². The van der Waals surface area contributed by atoms with E-state index in [2.05, 4.69) is 59.8 Å². The summed E-state index contributed by atoms with van der Waals surface area (Å²) in [5, 5.41) is 2.81. The first kappa shape index (κ1) is 16.2. The monoisotopic (exact) mass is 531 g/mol. The lowest BCUT2D eigenvalue weighted by Crippen LogP contribution is -2.14. The molecule has 7 heteroatoms. The highest BCUT2D eigenvalue weighted by Gasteiger charge is 2.15. The first-order valence-corrected chi connectivity index (χ1v) is 8.33. The van der Waals surface area contributed by atoms with Crippen LogP contribution in [0.1, 0.15) is 10.4 Å². The number of halogens is 5. The van der Waals surface area contributed by atoms with Crippen LogP contribution in [0.2, 0.25) is 5.02 Å². The summed E-state index contributed by atoms with van der Waals surface area (Å²) in [4.78, 5) is 12.3. The largest absolute Gasteiger partial charge is 0.320 e. The molecule has 0 unspecified atom stereocenters. The van der Waals surface area contributed by atoms with E-state index >= 15 is 0 Å². The Morgan fingerprint density at radius 3 is 2.60 bits per heavy atom. The van der Waals surface area contributed by atoms with Gasteiger partial charge < -0.3 is 5.32 Å². The Balaban J connectivity index is 2.35. The molecule has 0 fully saturated rings. The number of nitrogens with one attached hydrogen (secondary N) is 1. The molecule has 0 bridgehead atoms. The van der Waals surface area contributed by atoms with Gasteiger partial charge in [-0.2, -0.15) is 0 Å². The number of anilines is 1. The van der Waals surface area contributed by atoms with E-state index < -0.39 is 5.82 Å². The lowest BCUT2D eigenvalue weighted by molar-refractivity contribution is 0.102. The predicted molar refractivity (Wildman–Crippen MR) is 93.9 cm³/mol. The van der Waals surface area contributed by atoms with Gasteiger partial charge in [0.05, 0.1) is 16.3 Å². The molecule has 0 aliphatic carbocycles. The molecular weight excluding hydrogens is 527 g/mol. The summed E-state index contributed by atoms with van der Waals surface area (Å²) in [5.74, 6) is -0.790. The summed E-state index contributed by atoms with van der Waals surface area (Å²) in [5.41, 5.74) is 0.848. The minimum absolute atomic E-state index is 0.134. The maximum Gasteiger partial charge on any atom is 0.256 e. The molecule has 0 aliphatic rings. The van der Waals surface area contributed by atoms with E-state index in [1.165, 1.54) is 6.07 Å². The lowest BCUT2D eigenvalue weighted by Gasteiger charge is -2.11. The second-order valence-electron chi connectivity index (χ2n) is 3.82. The average molecular weight is 533 g/mol. The Morgan fingerprint density at radius 1 is 1.25 bits per heavy atom. The first-order chi connectivity index (χ1) is 9.38. The van der Waals surface area contributed by atoms with Gasteiger partial charge >= 0.3 is 0 Å². The maximum absolute atomic E-state index is 13.2. The smallest absolute Gasteiger partial charge is 0.256 e. The first-order valence-electron chi connectivity index (χ1n) is 5.29. The Bertz CT molecular complexity index is 673. The van der Waals surface area contributed by atoms with Gasteiger partial charge in [-0.15, -0.1) is 0 Å². The third-order valence-electron chi connectivity index (χ3n) is 2.42. The second kappa shape index (κ2) is 6.72. The van der Waals surface area contributed by atoms with Crippen molar-refractivity contribution < 1.29 is 9.18 Å². The van der Waals surface area contributed by atoms with Crippen LogP contribution in [-0.2, 0) is 0 Å². The summed E-state index contributed by atoms with van der Waals surface area (Å²) in [6.07, 6.45) is 0. The molecule has 104 valence electrons. The minimum Gasteiger partial charge on any atom is -0.320 e. The number of hydrogen-bond acceptors (Lipinski definition) is 1. The van der Waals surface area contributed by atoms with Crippen LogP contribution >= 0.6 is 66.1 Å². The van der Waals surface area contributed by atoms with Gasteiger partial charge in [-0.05, 0) is 68.9 Å². The molecule has 1 N–H and O–H groups in total. The molecular formula is C13H6Br2ClFINO. The zero-order valence-corrected chi connectivity index (χ0v) is 15.8. The zero-order valence-electron chi connectivity index (χ0n) is 9.68. The lowest BCUT2D eigenvalue weighted by atomic mass is 10.2. The Kier molecular flexibility index (Phi) is 5.44. The number of carbonyl (C=O) groups is 1. The standard InChI is InChI=1S/C13H6Br2ClFINO/c14-6-1-2-11(18)8(3-6)13(20)19-12-9(15)4-7(17)5-10(12)16/h1-5H,(H,19,20). The van der Waals surface area contributed by atoms with E-state index in [9.17, 15) is 9.18 Å². The summed E-state index contributed by atoms with van der Waals surface area (Å²) >= 11 is 14.5. The molecule has 1 amide bonds. The quantitative estimate of drug-likeness (QED) is 0.482. The fourth-order valence-corrected chi connectivity index (χ4v) is 3.35. The highest BCUT2D eigenvalue weighted by molar-refractivity contribution is 14.1. The normalized spacial score (nSPS) is 10.4. The zero-order chi connectivity index (χ0) is 14.9. The number of carbonyl (C=O) groups excluding carboxylic acids is 1. The summed E-state index contributed by atoms with van der Waals surface area (Å²) in [7, 11) is 0. The van der Waals surface area contributed by atoms with Gasteiger partial charge in [0.1, 0.15) is 5.82 Å². The van der Waals surface area contributed by atoms with Crippen molar-refractivity contribution in [2.75, 3.05) is 5.32 Å². The van der Waals surface area contributed by atoms with Gasteiger partial charge in [0.15, 0.2) is 0 Å². The number of benzene rings is 2. The van der Waals surface area contributed by atoms with Crippen molar-refractivity contribution in [3.63, 3.8) is 0 Å². The van der Waals surface area contributed by atoms with Crippen LogP contribution < -0.4 is 5.32 Å².